The maximum absolute atomic E-state index is 12.3. The molecule has 5 nitrogen and oxygen atoms in total. The Morgan fingerprint density at radius 2 is 1.84 bits per heavy atom. The smallest absolute Gasteiger partial charge is 0.401 e. The standard InChI is InChI=1S/C11H17F3N4O/c1-2-3-9-15-16-10(19-9)18-6-4-17(5-7-18)8-11(12,13)14/h2-8H2,1H3. The van der Waals surface area contributed by atoms with E-state index < -0.39 is 12.7 Å². The molecule has 1 saturated heterocycles. The van der Waals surface area contributed by atoms with Gasteiger partial charge in [-0.1, -0.05) is 12.0 Å². The van der Waals surface area contributed by atoms with E-state index in [0.29, 0.717) is 38.1 Å². The summed E-state index contributed by atoms with van der Waals surface area (Å²) in [7, 11) is 0. The number of halogens is 3. The van der Waals surface area contributed by atoms with Gasteiger partial charge in [-0.3, -0.25) is 4.90 Å². The van der Waals surface area contributed by atoms with Gasteiger partial charge in [0.1, 0.15) is 0 Å². The largest absolute Gasteiger partial charge is 0.408 e. The lowest BCUT2D eigenvalue weighted by atomic mass is 10.3. The molecule has 0 aliphatic carbocycles. The van der Waals surface area contributed by atoms with E-state index in [1.807, 2.05) is 11.8 Å². The average Bonchev–Trinajstić information content (AvgIpc) is 2.77. The molecule has 0 bridgehead atoms. The molecule has 0 unspecified atom stereocenters. The van der Waals surface area contributed by atoms with Crippen LogP contribution in [0.4, 0.5) is 19.2 Å². The summed E-state index contributed by atoms with van der Waals surface area (Å²) in [5, 5.41) is 7.83. The van der Waals surface area contributed by atoms with Crippen molar-refractivity contribution in [3.8, 4) is 0 Å². The first-order chi connectivity index (χ1) is 8.98. The van der Waals surface area contributed by atoms with Crippen LogP contribution >= 0.6 is 0 Å². The third-order valence-corrected chi connectivity index (χ3v) is 2.97. The van der Waals surface area contributed by atoms with Crippen molar-refractivity contribution in [3.63, 3.8) is 0 Å². The molecule has 1 aromatic rings. The van der Waals surface area contributed by atoms with Gasteiger partial charge in [-0.15, -0.1) is 5.10 Å². The average molecular weight is 278 g/mol. The SMILES string of the molecule is CCCc1nnc(N2CCN(CC(F)(F)F)CC2)o1. The second kappa shape index (κ2) is 5.77. The second-order valence-corrected chi connectivity index (χ2v) is 4.61. The Labute approximate surface area is 109 Å². The number of alkyl halides is 3. The number of aromatic nitrogens is 2. The zero-order chi connectivity index (χ0) is 13.9. The van der Waals surface area contributed by atoms with Crippen molar-refractivity contribution in [2.24, 2.45) is 0 Å². The van der Waals surface area contributed by atoms with E-state index in [9.17, 15) is 13.2 Å². The van der Waals surface area contributed by atoms with Crippen molar-refractivity contribution < 1.29 is 17.6 Å². The maximum atomic E-state index is 12.3. The maximum Gasteiger partial charge on any atom is 0.401 e. The molecule has 0 atom stereocenters. The second-order valence-electron chi connectivity index (χ2n) is 4.61. The van der Waals surface area contributed by atoms with Gasteiger partial charge in [0.05, 0.1) is 6.54 Å². The number of hydrogen-bond donors (Lipinski definition) is 0. The molecule has 2 heterocycles. The highest BCUT2D eigenvalue weighted by Crippen LogP contribution is 2.19. The molecule has 0 N–H and O–H groups in total. The Balaban J connectivity index is 1.85. The molecular weight excluding hydrogens is 261 g/mol. The summed E-state index contributed by atoms with van der Waals surface area (Å²) in [4.78, 5) is 3.22. The third-order valence-electron chi connectivity index (χ3n) is 2.97. The fourth-order valence-electron chi connectivity index (χ4n) is 2.04. The van der Waals surface area contributed by atoms with Crippen molar-refractivity contribution >= 4 is 6.01 Å². The lowest BCUT2D eigenvalue weighted by Gasteiger charge is -2.33. The molecule has 0 spiro atoms. The van der Waals surface area contributed by atoms with Gasteiger partial charge in [-0.05, 0) is 6.42 Å². The Bertz CT molecular complexity index is 399. The number of piperazine rings is 1. The monoisotopic (exact) mass is 278 g/mol. The van der Waals surface area contributed by atoms with Crippen molar-refractivity contribution in [1.29, 1.82) is 0 Å². The summed E-state index contributed by atoms with van der Waals surface area (Å²) in [5.41, 5.74) is 0. The Morgan fingerprint density at radius 1 is 1.16 bits per heavy atom. The predicted molar refractivity (Wildman–Crippen MR) is 63.0 cm³/mol. The van der Waals surface area contributed by atoms with Gasteiger partial charge in [0, 0.05) is 32.6 Å². The first-order valence-corrected chi connectivity index (χ1v) is 6.34. The molecule has 1 aliphatic heterocycles. The summed E-state index contributed by atoms with van der Waals surface area (Å²) in [6.07, 6.45) is -2.50. The lowest BCUT2D eigenvalue weighted by molar-refractivity contribution is -0.146. The molecule has 1 aliphatic rings. The lowest BCUT2D eigenvalue weighted by Crippen LogP contribution is -2.49. The molecule has 0 amide bonds. The molecule has 0 saturated carbocycles. The van der Waals surface area contributed by atoms with E-state index in [0.717, 1.165) is 12.8 Å². The number of nitrogens with zero attached hydrogens (tertiary/aromatic N) is 4. The number of hydrogen-bond acceptors (Lipinski definition) is 5. The van der Waals surface area contributed by atoms with Crippen LogP contribution in [0.3, 0.4) is 0 Å². The highest BCUT2D eigenvalue weighted by molar-refractivity contribution is 5.25. The van der Waals surface area contributed by atoms with Gasteiger partial charge in [0.25, 0.3) is 0 Å². The summed E-state index contributed by atoms with van der Waals surface area (Å²) in [6, 6.07) is 0.412. The molecule has 2 rings (SSSR count). The van der Waals surface area contributed by atoms with Crippen LogP contribution in [-0.2, 0) is 6.42 Å². The Kier molecular flexibility index (Phi) is 4.28. The summed E-state index contributed by atoms with van der Waals surface area (Å²) < 4.78 is 42.2. The Hall–Kier alpha value is -1.31. The fourth-order valence-corrected chi connectivity index (χ4v) is 2.04. The van der Waals surface area contributed by atoms with E-state index >= 15 is 0 Å². The van der Waals surface area contributed by atoms with Crippen LogP contribution in [0.1, 0.15) is 19.2 Å². The summed E-state index contributed by atoms with van der Waals surface area (Å²) in [5.74, 6) is 0.579. The number of aryl methyl sites for hydroxylation is 1. The Morgan fingerprint density at radius 3 is 2.42 bits per heavy atom. The first kappa shape index (κ1) is 14.1. The summed E-state index contributed by atoms with van der Waals surface area (Å²) in [6.45, 7) is 2.81. The quantitative estimate of drug-likeness (QED) is 0.839. The minimum absolute atomic E-state index is 0.352. The van der Waals surface area contributed by atoms with Gasteiger partial charge >= 0.3 is 12.2 Å². The zero-order valence-corrected chi connectivity index (χ0v) is 10.8. The van der Waals surface area contributed by atoms with E-state index in [1.165, 1.54) is 4.90 Å². The number of rotatable bonds is 4. The van der Waals surface area contributed by atoms with E-state index in [1.54, 1.807) is 0 Å². The highest BCUT2D eigenvalue weighted by Gasteiger charge is 2.32. The van der Waals surface area contributed by atoms with E-state index in [2.05, 4.69) is 10.2 Å². The molecule has 108 valence electrons. The van der Waals surface area contributed by atoms with Crippen LogP contribution in [-0.4, -0.2) is 54.0 Å². The van der Waals surface area contributed by atoms with E-state index in [4.69, 9.17) is 4.42 Å². The summed E-state index contributed by atoms with van der Waals surface area (Å²) >= 11 is 0. The van der Waals surface area contributed by atoms with Crippen molar-refractivity contribution in [1.82, 2.24) is 15.1 Å². The molecule has 1 fully saturated rings. The van der Waals surface area contributed by atoms with Crippen LogP contribution in [0.15, 0.2) is 4.42 Å². The van der Waals surface area contributed by atoms with Crippen molar-refractivity contribution in [3.05, 3.63) is 5.89 Å². The van der Waals surface area contributed by atoms with Crippen LogP contribution < -0.4 is 4.90 Å². The highest BCUT2D eigenvalue weighted by atomic mass is 19.4. The predicted octanol–water partition coefficient (Wildman–Crippen LogP) is 1.71. The first-order valence-electron chi connectivity index (χ1n) is 6.34. The normalized spacial score (nSPS) is 18.0. The molecule has 8 heteroatoms. The third kappa shape index (κ3) is 4.09. The van der Waals surface area contributed by atoms with Gasteiger partial charge in [0.2, 0.25) is 5.89 Å². The minimum Gasteiger partial charge on any atom is -0.408 e. The van der Waals surface area contributed by atoms with Crippen LogP contribution in [0, 0.1) is 0 Å². The van der Waals surface area contributed by atoms with Crippen LogP contribution in [0.25, 0.3) is 0 Å². The van der Waals surface area contributed by atoms with Crippen LogP contribution in [0.5, 0.6) is 0 Å². The topological polar surface area (TPSA) is 45.4 Å². The van der Waals surface area contributed by atoms with Gasteiger partial charge in [-0.25, -0.2) is 0 Å². The molecule has 0 radical (unpaired) electrons. The van der Waals surface area contributed by atoms with Gasteiger partial charge < -0.3 is 9.32 Å². The van der Waals surface area contributed by atoms with Gasteiger partial charge in [-0.2, -0.15) is 13.2 Å². The van der Waals surface area contributed by atoms with Crippen LogP contribution in [0.2, 0.25) is 0 Å². The molecule has 1 aromatic heterocycles. The van der Waals surface area contributed by atoms with Crippen molar-refractivity contribution in [2.45, 2.75) is 25.9 Å². The molecular formula is C11H17F3N4O. The molecule has 19 heavy (non-hydrogen) atoms. The molecule has 0 aromatic carbocycles. The minimum atomic E-state index is -4.14. The van der Waals surface area contributed by atoms with Crippen molar-refractivity contribution in [2.75, 3.05) is 37.6 Å². The zero-order valence-electron chi connectivity index (χ0n) is 10.8. The van der Waals surface area contributed by atoms with E-state index in [-0.39, 0.29) is 0 Å². The fraction of sp³-hybridized carbons (Fsp3) is 0.818. The number of anilines is 1. The van der Waals surface area contributed by atoms with Gasteiger partial charge in [0.15, 0.2) is 0 Å².